The zero-order valence-corrected chi connectivity index (χ0v) is 5.38. The fourth-order valence-corrected chi connectivity index (χ4v) is 1.11. The molecule has 1 saturated carbocycles. The Bertz CT molecular complexity index is 118. The molecular weight excluding hydrogens is 116 g/mol. The van der Waals surface area contributed by atoms with Crippen LogP contribution in [0.25, 0.3) is 0 Å². The summed E-state index contributed by atoms with van der Waals surface area (Å²) in [5.74, 6) is -1.34. The summed E-state index contributed by atoms with van der Waals surface area (Å²) in [6.45, 7) is 3.53. The van der Waals surface area contributed by atoms with Crippen LogP contribution < -0.4 is 0 Å². The van der Waals surface area contributed by atoms with Gasteiger partial charge in [0.05, 0.1) is 0 Å². The van der Waals surface area contributed by atoms with Gasteiger partial charge in [-0.3, -0.25) is 0 Å². The van der Waals surface area contributed by atoms with E-state index >= 15 is 0 Å². The minimum Gasteiger partial charge on any atom is -0.365 e. The molecule has 2 N–H and O–H groups in total. The van der Waals surface area contributed by atoms with Gasteiger partial charge in [-0.15, -0.1) is 6.58 Å². The SMILES string of the molecule is C=CCC1CCC1(O)O. The molecule has 1 aliphatic carbocycles. The van der Waals surface area contributed by atoms with Crippen LogP contribution in [0.3, 0.4) is 0 Å². The first-order chi connectivity index (χ1) is 4.17. The van der Waals surface area contributed by atoms with Crippen LogP contribution in [0.4, 0.5) is 0 Å². The highest BCUT2D eigenvalue weighted by Gasteiger charge is 2.42. The Hall–Kier alpha value is -0.340. The summed E-state index contributed by atoms with van der Waals surface area (Å²) >= 11 is 0. The summed E-state index contributed by atoms with van der Waals surface area (Å²) in [4.78, 5) is 0. The van der Waals surface area contributed by atoms with Crippen molar-refractivity contribution in [1.29, 1.82) is 0 Å². The molecule has 1 fully saturated rings. The molecule has 1 atom stereocenters. The van der Waals surface area contributed by atoms with Crippen molar-refractivity contribution in [3.05, 3.63) is 12.7 Å². The summed E-state index contributed by atoms with van der Waals surface area (Å²) in [5.41, 5.74) is 0. The van der Waals surface area contributed by atoms with E-state index in [1.165, 1.54) is 0 Å². The maximum absolute atomic E-state index is 9.01. The number of rotatable bonds is 2. The molecule has 0 radical (unpaired) electrons. The van der Waals surface area contributed by atoms with Crippen molar-refractivity contribution in [2.75, 3.05) is 0 Å². The minimum absolute atomic E-state index is 0.0370. The lowest BCUT2D eigenvalue weighted by Crippen LogP contribution is -2.46. The minimum atomic E-state index is -1.38. The van der Waals surface area contributed by atoms with Crippen LogP contribution in [0.1, 0.15) is 19.3 Å². The fourth-order valence-electron chi connectivity index (χ4n) is 1.11. The Labute approximate surface area is 54.8 Å². The summed E-state index contributed by atoms with van der Waals surface area (Å²) in [7, 11) is 0. The van der Waals surface area contributed by atoms with Crippen LogP contribution >= 0.6 is 0 Å². The molecule has 52 valence electrons. The molecule has 0 aromatic rings. The van der Waals surface area contributed by atoms with Gasteiger partial charge in [0, 0.05) is 12.3 Å². The number of allylic oxidation sites excluding steroid dienone is 1. The van der Waals surface area contributed by atoms with Crippen LogP contribution in [0.2, 0.25) is 0 Å². The van der Waals surface area contributed by atoms with Gasteiger partial charge in [-0.1, -0.05) is 6.08 Å². The third-order valence-electron chi connectivity index (χ3n) is 1.97. The van der Waals surface area contributed by atoms with E-state index in [1.807, 2.05) is 0 Å². The van der Waals surface area contributed by atoms with Gasteiger partial charge in [0.2, 0.25) is 0 Å². The zero-order valence-electron chi connectivity index (χ0n) is 5.38. The van der Waals surface area contributed by atoms with Crippen molar-refractivity contribution in [2.45, 2.75) is 25.0 Å². The normalized spacial score (nSPS) is 31.1. The largest absolute Gasteiger partial charge is 0.365 e. The van der Waals surface area contributed by atoms with Crippen molar-refractivity contribution in [2.24, 2.45) is 5.92 Å². The van der Waals surface area contributed by atoms with Gasteiger partial charge >= 0.3 is 0 Å². The van der Waals surface area contributed by atoms with Crippen molar-refractivity contribution < 1.29 is 10.2 Å². The van der Waals surface area contributed by atoms with E-state index in [2.05, 4.69) is 6.58 Å². The van der Waals surface area contributed by atoms with Crippen LogP contribution in [-0.2, 0) is 0 Å². The molecule has 2 heteroatoms. The van der Waals surface area contributed by atoms with Crippen LogP contribution in [0.15, 0.2) is 12.7 Å². The summed E-state index contributed by atoms with van der Waals surface area (Å²) in [5, 5.41) is 18.0. The van der Waals surface area contributed by atoms with E-state index in [0.29, 0.717) is 12.8 Å². The molecule has 1 rings (SSSR count). The molecule has 0 bridgehead atoms. The highest BCUT2D eigenvalue weighted by Crippen LogP contribution is 2.38. The van der Waals surface area contributed by atoms with Gasteiger partial charge in [0.25, 0.3) is 0 Å². The maximum atomic E-state index is 9.01. The molecule has 1 aliphatic rings. The Kier molecular flexibility index (Phi) is 1.60. The van der Waals surface area contributed by atoms with Crippen LogP contribution in [-0.4, -0.2) is 16.0 Å². The average Bonchev–Trinajstić information content (AvgIpc) is 1.81. The van der Waals surface area contributed by atoms with Crippen molar-refractivity contribution in [1.82, 2.24) is 0 Å². The molecule has 0 amide bonds. The van der Waals surface area contributed by atoms with Crippen LogP contribution in [0.5, 0.6) is 0 Å². The first-order valence-corrected chi connectivity index (χ1v) is 3.22. The number of hydrogen-bond acceptors (Lipinski definition) is 2. The second-order valence-corrected chi connectivity index (χ2v) is 2.64. The van der Waals surface area contributed by atoms with Gasteiger partial charge in [-0.05, 0) is 12.8 Å². The highest BCUT2D eigenvalue weighted by molar-refractivity contribution is 4.90. The first kappa shape index (κ1) is 6.78. The fraction of sp³-hybridized carbons (Fsp3) is 0.714. The monoisotopic (exact) mass is 128 g/mol. The Morgan fingerprint density at radius 2 is 2.33 bits per heavy atom. The van der Waals surface area contributed by atoms with Gasteiger partial charge in [-0.2, -0.15) is 0 Å². The summed E-state index contributed by atoms with van der Waals surface area (Å²) in [6.07, 6.45) is 3.88. The molecule has 0 aliphatic heterocycles. The average molecular weight is 128 g/mol. The highest BCUT2D eigenvalue weighted by atomic mass is 16.5. The van der Waals surface area contributed by atoms with Gasteiger partial charge in [-0.25, -0.2) is 0 Å². The molecule has 9 heavy (non-hydrogen) atoms. The quantitative estimate of drug-likeness (QED) is 0.423. The Morgan fingerprint density at radius 1 is 1.67 bits per heavy atom. The zero-order chi connectivity index (χ0) is 6.91. The third-order valence-corrected chi connectivity index (χ3v) is 1.97. The molecule has 0 aromatic heterocycles. The number of aliphatic hydroxyl groups is 2. The van der Waals surface area contributed by atoms with Crippen molar-refractivity contribution >= 4 is 0 Å². The van der Waals surface area contributed by atoms with E-state index in [9.17, 15) is 0 Å². The molecule has 2 nitrogen and oxygen atoms in total. The predicted molar refractivity (Wildman–Crippen MR) is 34.7 cm³/mol. The first-order valence-electron chi connectivity index (χ1n) is 3.22. The van der Waals surface area contributed by atoms with Gasteiger partial charge in [0.1, 0.15) is 0 Å². The molecule has 0 aromatic carbocycles. The van der Waals surface area contributed by atoms with Crippen LogP contribution in [0, 0.1) is 5.92 Å². The van der Waals surface area contributed by atoms with Crippen molar-refractivity contribution in [3.63, 3.8) is 0 Å². The van der Waals surface area contributed by atoms with Gasteiger partial charge in [0.15, 0.2) is 5.79 Å². The second-order valence-electron chi connectivity index (χ2n) is 2.64. The third kappa shape index (κ3) is 1.14. The smallest absolute Gasteiger partial charge is 0.165 e. The van der Waals surface area contributed by atoms with E-state index in [4.69, 9.17) is 10.2 Å². The van der Waals surface area contributed by atoms with E-state index < -0.39 is 5.79 Å². The molecule has 0 heterocycles. The van der Waals surface area contributed by atoms with E-state index in [1.54, 1.807) is 6.08 Å². The number of hydrogen-bond donors (Lipinski definition) is 2. The molecule has 0 spiro atoms. The lowest BCUT2D eigenvalue weighted by atomic mass is 9.76. The lowest BCUT2D eigenvalue weighted by Gasteiger charge is -2.40. The Morgan fingerprint density at radius 3 is 2.44 bits per heavy atom. The lowest BCUT2D eigenvalue weighted by molar-refractivity contribution is -0.252. The van der Waals surface area contributed by atoms with E-state index in [0.717, 1.165) is 6.42 Å². The maximum Gasteiger partial charge on any atom is 0.165 e. The summed E-state index contributed by atoms with van der Waals surface area (Å²) < 4.78 is 0. The van der Waals surface area contributed by atoms with E-state index in [-0.39, 0.29) is 5.92 Å². The Balaban J connectivity index is 2.36. The molecular formula is C7H12O2. The van der Waals surface area contributed by atoms with Crippen molar-refractivity contribution in [3.8, 4) is 0 Å². The summed E-state index contributed by atoms with van der Waals surface area (Å²) in [6, 6.07) is 0. The standard InChI is InChI=1S/C7H12O2/c1-2-3-6-4-5-7(6,8)9/h2,6,8-9H,1,3-5H2. The predicted octanol–water partition coefficient (Wildman–Crippen LogP) is 0.653. The topological polar surface area (TPSA) is 40.5 Å². The second kappa shape index (κ2) is 2.12. The van der Waals surface area contributed by atoms with Gasteiger partial charge < -0.3 is 10.2 Å². The molecule has 1 unspecified atom stereocenters. The molecule has 0 saturated heterocycles.